The van der Waals surface area contributed by atoms with E-state index in [-0.39, 0.29) is 18.5 Å². The molecule has 0 spiro atoms. The molecule has 0 saturated carbocycles. The normalized spacial score (nSPS) is 14.7. The smallest absolute Gasteiger partial charge is 0.257 e. The summed E-state index contributed by atoms with van der Waals surface area (Å²) in [6, 6.07) is 22.5. The molecule has 1 saturated heterocycles. The number of aryl methyl sites for hydroxylation is 1. The maximum atomic E-state index is 13.9. The van der Waals surface area contributed by atoms with Gasteiger partial charge in [0, 0.05) is 17.7 Å². The number of fused-ring (bicyclic) bond motifs is 1. The fraction of sp³-hybridized carbons (Fsp3) is 0.176. The summed E-state index contributed by atoms with van der Waals surface area (Å²) in [6.07, 6.45) is -0.196. The van der Waals surface area contributed by atoms with Crippen LogP contribution in [0.4, 0.5) is 10.1 Å². The van der Waals surface area contributed by atoms with Crippen LogP contribution >= 0.6 is 11.3 Å². The molecule has 1 fully saturated rings. The molecule has 1 aliphatic heterocycles. The van der Waals surface area contributed by atoms with E-state index in [9.17, 15) is 18.8 Å². The van der Waals surface area contributed by atoms with E-state index in [1.807, 2.05) is 31.2 Å². The molecule has 10 heteroatoms. The number of aromatic nitrogens is 1. The van der Waals surface area contributed by atoms with Crippen LogP contribution < -0.4 is 14.4 Å². The lowest BCUT2D eigenvalue weighted by atomic mass is 10.1. The number of carbonyl (C=O) groups excluding carboxylic acids is 3. The van der Waals surface area contributed by atoms with E-state index in [4.69, 9.17) is 14.5 Å². The predicted molar refractivity (Wildman–Crippen MR) is 167 cm³/mol. The van der Waals surface area contributed by atoms with Gasteiger partial charge in [0.25, 0.3) is 11.8 Å². The molecule has 1 aromatic heterocycles. The monoisotopic (exact) mass is 609 g/mol. The Hall–Kier alpha value is -5.09. The molecular weight excluding hydrogens is 581 g/mol. The van der Waals surface area contributed by atoms with Crippen LogP contribution in [0.3, 0.4) is 0 Å². The van der Waals surface area contributed by atoms with E-state index in [0.29, 0.717) is 22.7 Å². The number of hydrogen-bond donors (Lipinski definition) is 0. The second kappa shape index (κ2) is 11.9. The van der Waals surface area contributed by atoms with Crippen molar-refractivity contribution in [2.75, 3.05) is 19.1 Å². The summed E-state index contributed by atoms with van der Waals surface area (Å²) in [4.78, 5) is 48.3. The number of methoxy groups -OCH3 is 2. The first kappa shape index (κ1) is 29.0. The van der Waals surface area contributed by atoms with Crippen molar-refractivity contribution in [2.24, 2.45) is 0 Å². The molecule has 1 aliphatic rings. The van der Waals surface area contributed by atoms with Gasteiger partial charge in [0.15, 0.2) is 11.5 Å². The van der Waals surface area contributed by atoms with E-state index >= 15 is 0 Å². The van der Waals surface area contributed by atoms with Crippen LogP contribution in [0.1, 0.15) is 27.9 Å². The first-order valence-electron chi connectivity index (χ1n) is 13.9. The molecule has 1 unspecified atom stereocenters. The standard InChI is InChI=1S/C34H28FN3O5S/c1-20-4-14-26-30(16-20)44-32(36-26)22-7-12-25(13-8-22)38-31(39)18-27(34(38)41)37(19-21-5-10-24(35)11-6-21)33(40)23-9-15-28(42-2)29(17-23)43-3/h4-17,27H,18-19H2,1-3H3. The van der Waals surface area contributed by atoms with Gasteiger partial charge in [-0.15, -0.1) is 11.3 Å². The maximum absolute atomic E-state index is 13.9. The number of anilines is 1. The highest BCUT2D eigenvalue weighted by molar-refractivity contribution is 7.21. The molecule has 6 rings (SSSR count). The van der Waals surface area contributed by atoms with Gasteiger partial charge in [-0.05, 0) is 84.8 Å². The Balaban J connectivity index is 1.30. The molecule has 8 nitrogen and oxygen atoms in total. The number of carbonyl (C=O) groups is 3. The zero-order valence-corrected chi connectivity index (χ0v) is 25.1. The van der Waals surface area contributed by atoms with E-state index in [1.165, 1.54) is 37.3 Å². The highest BCUT2D eigenvalue weighted by Gasteiger charge is 2.44. The Morgan fingerprint density at radius 2 is 1.68 bits per heavy atom. The summed E-state index contributed by atoms with van der Waals surface area (Å²) in [5, 5.41) is 0.833. The van der Waals surface area contributed by atoms with Crippen molar-refractivity contribution in [1.82, 2.24) is 9.88 Å². The van der Waals surface area contributed by atoms with E-state index in [2.05, 4.69) is 6.07 Å². The summed E-state index contributed by atoms with van der Waals surface area (Å²) < 4.78 is 25.4. The first-order chi connectivity index (χ1) is 21.2. The minimum atomic E-state index is -1.07. The zero-order chi connectivity index (χ0) is 31.0. The molecule has 0 bridgehead atoms. The minimum absolute atomic E-state index is 0.0129. The van der Waals surface area contributed by atoms with Gasteiger partial charge in [-0.2, -0.15) is 0 Å². The molecule has 44 heavy (non-hydrogen) atoms. The number of imide groups is 1. The molecule has 1 atom stereocenters. The molecule has 2 heterocycles. The number of benzene rings is 4. The fourth-order valence-corrected chi connectivity index (χ4v) is 6.35. The lowest BCUT2D eigenvalue weighted by Crippen LogP contribution is -2.45. The van der Waals surface area contributed by atoms with Gasteiger partial charge in [0.05, 0.1) is 36.5 Å². The van der Waals surface area contributed by atoms with Crippen LogP contribution in [-0.4, -0.2) is 47.9 Å². The van der Waals surface area contributed by atoms with Crippen LogP contribution in [-0.2, 0) is 16.1 Å². The van der Waals surface area contributed by atoms with E-state index in [1.54, 1.807) is 47.7 Å². The number of halogens is 1. The van der Waals surface area contributed by atoms with Gasteiger partial charge in [0.1, 0.15) is 16.9 Å². The lowest BCUT2D eigenvalue weighted by molar-refractivity contribution is -0.122. The Bertz CT molecular complexity index is 1890. The molecule has 3 amide bonds. The van der Waals surface area contributed by atoms with Gasteiger partial charge in [-0.25, -0.2) is 14.3 Å². The average Bonchev–Trinajstić information content (AvgIpc) is 3.59. The topological polar surface area (TPSA) is 89.0 Å². The van der Waals surface area contributed by atoms with Gasteiger partial charge in [-0.1, -0.05) is 18.2 Å². The zero-order valence-electron chi connectivity index (χ0n) is 24.2. The second-order valence-corrected chi connectivity index (χ2v) is 11.5. The molecule has 0 aliphatic carbocycles. The van der Waals surface area contributed by atoms with Crippen molar-refractivity contribution in [1.29, 1.82) is 0 Å². The van der Waals surface area contributed by atoms with Gasteiger partial charge < -0.3 is 14.4 Å². The molecule has 5 aromatic rings. The fourth-order valence-electron chi connectivity index (χ4n) is 5.28. The third-order valence-electron chi connectivity index (χ3n) is 7.57. The van der Waals surface area contributed by atoms with Gasteiger partial charge in [-0.3, -0.25) is 14.4 Å². The number of ether oxygens (including phenoxy) is 2. The number of thiazole rings is 1. The van der Waals surface area contributed by atoms with Crippen LogP contribution in [0, 0.1) is 12.7 Å². The van der Waals surface area contributed by atoms with Crippen LogP contribution in [0.15, 0.2) is 84.9 Å². The third-order valence-corrected chi connectivity index (χ3v) is 8.64. The molecule has 0 N–H and O–H groups in total. The Kier molecular flexibility index (Phi) is 7.84. The van der Waals surface area contributed by atoms with Crippen molar-refractivity contribution in [3.05, 3.63) is 107 Å². The highest BCUT2D eigenvalue weighted by atomic mass is 32.1. The lowest BCUT2D eigenvalue weighted by Gasteiger charge is -2.28. The predicted octanol–water partition coefficient (Wildman–Crippen LogP) is 6.40. The van der Waals surface area contributed by atoms with Crippen molar-refractivity contribution < 1.29 is 28.2 Å². The van der Waals surface area contributed by atoms with Crippen molar-refractivity contribution in [2.45, 2.75) is 25.9 Å². The number of rotatable bonds is 8. The van der Waals surface area contributed by atoms with E-state index < -0.39 is 29.6 Å². The van der Waals surface area contributed by atoms with E-state index in [0.717, 1.165) is 31.3 Å². The van der Waals surface area contributed by atoms with Crippen LogP contribution in [0.2, 0.25) is 0 Å². The number of nitrogens with zero attached hydrogens (tertiary/aromatic N) is 3. The molecule has 222 valence electrons. The van der Waals surface area contributed by atoms with Gasteiger partial charge >= 0.3 is 0 Å². The van der Waals surface area contributed by atoms with Crippen molar-refractivity contribution in [3.63, 3.8) is 0 Å². The summed E-state index contributed by atoms with van der Waals surface area (Å²) in [5.74, 6) is -1.06. The van der Waals surface area contributed by atoms with Crippen LogP contribution in [0.25, 0.3) is 20.8 Å². The molecular formula is C34H28FN3O5S. The Morgan fingerprint density at radius 3 is 2.39 bits per heavy atom. The quantitative estimate of drug-likeness (QED) is 0.189. The van der Waals surface area contributed by atoms with Crippen LogP contribution in [0.5, 0.6) is 11.5 Å². The average molecular weight is 610 g/mol. The Morgan fingerprint density at radius 1 is 0.955 bits per heavy atom. The molecule has 4 aromatic carbocycles. The third kappa shape index (κ3) is 5.51. The SMILES string of the molecule is COc1ccc(C(=O)N(Cc2ccc(F)cc2)C2CC(=O)N(c3ccc(-c4nc5ccc(C)cc5s4)cc3)C2=O)cc1OC. The number of amides is 3. The number of hydrogen-bond acceptors (Lipinski definition) is 7. The summed E-state index contributed by atoms with van der Waals surface area (Å²) in [6.45, 7) is 2.02. The molecule has 0 radical (unpaired) electrons. The van der Waals surface area contributed by atoms with Crippen molar-refractivity contribution in [3.8, 4) is 22.1 Å². The van der Waals surface area contributed by atoms with Crippen molar-refractivity contribution >= 4 is 45.0 Å². The first-order valence-corrected chi connectivity index (χ1v) is 14.7. The Labute approximate surface area is 257 Å². The minimum Gasteiger partial charge on any atom is -0.493 e. The summed E-state index contributed by atoms with van der Waals surface area (Å²) in [5.41, 5.74) is 4.19. The summed E-state index contributed by atoms with van der Waals surface area (Å²) in [7, 11) is 2.95. The summed E-state index contributed by atoms with van der Waals surface area (Å²) >= 11 is 1.57. The second-order valence-electron chi connectivity index (χ2n) is 10.5. The van der Waals surface area contributed by atoms with Gasteiger partial charge in [0.2, 0.25) is 5.91 Å². The highest BCUT2D eigenvalue weighted by Crippen LogP contribution is 2.34. The maximum Gasteiger partial charge on any atom is 0.257 e. The largest absolute Gasteiger partial charge is 0.493 e.